The standard InChI is InChI=1S/C32H48N4O/c1-2-3-4-5-6-7-8-9-10-11-12-13-14-15-16-19-25-36-30-23-18-17-22-29(30)35-31(36)27-34-32(37)28-21-20-24-33-26-28/h17-18,20-24,26H,2-16,19,25,27H2,1H3,(H,34,37). The van der Waals surface area contributed by atoms with Crippen molar-refractivity contribution in [3.63, 3.8) is 0 Å². The maximum atomic E-state index is 12.5. The predicted octanol–water partition coefficient (Wildman–Crippen LogP) is 8.62. The third-order valence-corrected chi connectivity index (χ3v) is 7.30. The van der Waals surface area contributed by atoms with Gasteiger partial charge < -0.3 is 9.88 Å². The number of nitrogens with one attached hydrogen (secondary N) is 1. The SMILES string of the molecule is CCCCCCCCCCCCCCCCCCn1c(CNC(=O)c2cccnc2)nc2ccccc21. The molecule has 37 heavy (non-hydrogen) atoms. The van der Waals surface area contributed by atoms with Gasteiger partial charge in [-0.3, -0.25) is 9.78 Å². The van der Waals surface area contributed by atoms with Crippen molar-refractivity contribution in [2.75, 3.05) is 0 Å². The minimum absolute atomic E-state index is 0.117. The van der Waals surface area contributed by atoms with Crippen LogP contribution in [0.15, 0.2) is 48.8 Å². The molecule has 0 fully saturated rings. The Balaban J connectivity index is 1.28. The van der Waals surface area contributed by atoms with Gasteiger partial charge >= 0.3 is 0 Å². The normalized spacial score (nSPS) is 11.3. The van der Waals surface area contributed by atoms with Crippen LogP contribution >= 0.6 is 0 Å². The zero-order valence-electron chi connectivity index (χ0n) is 23.1. The third kappa shape index (κ3) is 10.7. The Morgan fingerprint density at radius 1 is 0.757 bits per heavy atom. The molecule has 2 heterocycles. The number of imidazole rings is 1. The lowest BCUT2D eigenvalue weighted by Gasteiger charge is -2.10. The van der Waals surface area contributed by atoms with E-state index >= 15 is 0 Å². The molecule has 3 rings (SSSR count). The number of unbranched alkanes of at least 4 members (excludes halogenated alkanes) is 15. The van der Waals surface area contributed by atoms with Crippen LogP contribution in [0.5, 0.6) is 0 Å². The van der Waals surface area contributed by atoms with E-state index in [-0.39, 0.29) is 5.91 Å². The lowest BCUT2D eigenvalue weighted by Crippen LogP contribution is -2.24. The fraction of sp³-hybridized carbons (Fsp3) is 0.594. The number of carbonyl (C=O) groups is 1. The van der Waals surface area contributed by atoms with Gasteiger partial charge in [0.2, 0.25) is 0 Å². The summed E-state index contributed by atoms with van der Waals surface area (Å²) in [6.45, 7) is 3.65. The highest BCUT2D eigenvalue weighted by molar-refractivity contribution is 5.93. The zero-order valence-corrected chi connectivity index (χ0v) is 23.1. The number of hydrogen-bond donors (Lipinski definition) is 1. The predicted molar refractivity (Wildman–Crippen MR) is 155 cm³/mol. The molecule has 0 radical (unpaired) electrons. The molecule has 5 nitrogen and oxygen atoms in total. The van der Waals surface area contributed by atoms with Crippen molar-refractivity contribution in [2.24, 2.45) is 0 Å². The molecule has 0 atom stereocenters. The Kier molecular flexibility index (Phi) is 13.8. The summed E-state index contributed by atoms with van der Waals surface area (Å²) in [6.07, 6.45) is 25.3. The van der Waals surface area contributed by atoms with Crippen molar-refractivity contribution >= 4 is 16.9 Å². The number of hydrogen-bond acceptors (Lipinski definition) is 3. The van der Waals surface area contributed by atoms with E-state index in [9.17, 15) is 4.79 Å². The number of para-hydroxylation sites is 2. The summed E-state index contributed by atoms with van der Waals surface area (Å²) in [4.78, 5) is 21.3. The van der Waals surface area contributed by atoms with E-state index in [0.29, 0.717) is 12.1 Å². The Labute approximate surface area is 224 Å². The molecular formula is C32H48N4O. The molecule has 0 spiro atoms. The molecular weight excluding hydrogens is 456 g/mol. The maximum Gasteiger partial charge on any atom is 0.253 e. The Morgan fingerprint density at radius 2 is 1.35 bits per heavy atom. The van der Waals surface area contributed by atoms with E-state index in [4.69, 9.17) is 4.98 Å². The van der Waals surface area contributed by atoms with E-state index in [1.54, 1.807) is 24.5 Å². The molecule has 0 saturated carbocycles. The zero-order chi connectivity index (χ0) is 26.0. The lowest BCUT2D eigenvalue weighted by molar-refractivity contribution is 0.0949. The first kappa shape index (κ1) is 28.9. The first-order valence-corrected chi connectivity index (χ1v) is 14.9. The van der Waals surface area contributed by atoms with Gasteiger partial charge in [0.25, 0.3) is 5.91 Å². The van der Waals surface area contributed by atoms with Crippen LogP contribution in [-0.4, -0.2) is 20.4 Å². The van der Waals surface area contributed by atoms with Crippen molar-refractivity contribution in [3.8, 4) is 0 Å². The first-order chi connectivity index (χ1) is 18.3. The quantitative estimate of drug-likeness (QED) is 0.157. The molecule has 2 aromatic heterocycles. The molecule has 0 aliphatic carbocycles. The highest BCUT2D eigenvalue weighted by atomic mass is 16.1. The van der Waals surface area contributed by atoms with Gasteiger partial charge in [-0.1, -0.05) is 115 Å². The molecule has 0 bridgehead atoms. The summed E-state index contributed by atoms with van der Waals surface area (Å²) in [5.74, 6) is 0.800. The van der Waals surface area contributed by atoms with Crippen LogP contribution in [-0.2, 0) is 13.1 Å². The third-order valence-electron chi connectivity index (χ3n) is 7.30. The molecule has 0 saturated heterocycles. The number of benzene rings is 1. The van der Waals surface area contributed by atoms with Gasteiger partial charge in [-0.2, -0.15) is 0 Å². The number of aryl methyl sites for hydroxylation is 1. The molecule has 1 aromatic carbocycles. The summed E-state index contributed by atoms with van der Waals surface area (Å²) in [7, 11) is 0. The average molecular weight is 505 g/mol. The number of aromatic nitrogens is 3. The van der Waals surface area contributed by atoms with Crippen molar-refractivity contribution in [2.45, 2.75) is 123 Å². The largest absolute Gasteiger partial charge is 0.345 e. The number of pyridine rings is 1. The van der Waals surface area contributed by atoms with Crippen LogP contribution in [0.3, 0.4) is 0 Å². The van der Waals surface area contributed by atoms with E-state index in [0.717, 1.165) is 29.8 Å². The van der Waals surface area contributed by atoms with Crippen LogP contribution in [0.1, 0.15) is 126 Å². The van der Waals surface area contributed by atoms with Gasteiger partial charge in [0.05, 0.1) is 23.1 Å². The Hall–Kier alpha value is -2.69. The molecule has 3 aromatic rings. The summed E-state index contributed by atoms with van der Waals surface area (Å²) in [5.41, 5.74) is 2.71. The minimum atomic E-state index is -0.117. The second-order valence-corrected chi connectivity index (χ2v) is 10.4. The van der Waals surface area contributed by atoms with Gasteiger partial charge in [-0.25, -0.2) is 4.98 Å². The van der Waals surface area contributed by atoms with Crippen LogP contribution in [0, 0.1) is 0 Å². The van der Waals surface area contributed by atoms with Crippen LogP contribution in [0.4, 0.5) is 0 Å². The molecule has 0 aliphatic heterocycles. The van der Waals surface area contributed by atoms with Gasteiger partial charge in [0.1, 0.15) is 5.82 Å². The van der Waals surface area contributed by atoms with Crippen LogP contribution in [0.25, 0.3) is 11.0 Å². The highest BCUT2D eigenvalue weighted by Crippen LogP contribution is 2.18. The van der Waals surface area contributed by atoms with E-state index < -0.39 is 0 Å². The van der Waals surface area contributed by atoms with Gasteiger partial charge in [0, 0.05) is 18.9 Å². The van der Waals surface area contributed by atoms with Crippen molar-refractivity contribution in [1.29, 1.82) is 0 Å². The fourth-order valence-corrected chi connectivity index (χ4v) is 5.09. The van der Waals surface area contributed by atoms with Crippen LogP contribution in [0.2, 0.25) is 0 Å². The minimum Gasteiger partial charge on any atom is -0.345 e. The van der Waals surface area contributed by atoms with E-state index in [1.807, 2.05) is 12.1 Å². The summed E-state index contributed by atoms with van der Waals surface area (Å²) >= 11 is 0. The topological polar surface area (TPSA) is 59.8 Å². The maximum absolute atomic E-state index is 12.5. The number of nitrogens with zero attached hydrogens (tertiary/aromatic N) is 3. The number of carbonyl (C=O) groups excluding carboxylic acids is 1. The van der Waals surface area contributed by atoms with Gasteiger partial charge in [-0.15, -0.1) is 0 Å². The summed E-state index contributed by atoms with van der Waals surface area (Å²) in [5, 5.41) is 3.01. The number of fused-ring (bicyclic) bond motifs is 1. The van der Waals surface area contributed by atoms with Gasteiger partial charge in [0.15, 0.2) is 0 Å². The molecule has 5 heteroatoms. The van der Waals surface area contributed by atoms with E-state index in [2.05, 4.69) is 33.9 Å². The summed E-state index contributed by atoms with van der Waals surface area (Å²) < 4.78 is 2.28. The van der Waals surface area contributed by atoms with Crippen molar-refractivity contribution in [1.82, 2.24) is 19.9 Å². The number of rotatable bonds is 20. The molecule has 0 aliphatic rings. The molecule has 202 valence electrons. The van der Waals surface area contributed by atoms with Crippen LogP contribution < -0.4 is 5.32 Å². The second kappa shape index (κ2) is 17.7. The smallest absolute Gasteiger partial charge is 0.253 e. The second-order valence-electron chi connectivity index (χ2n) is 10.4. The first-order valence-electron chi connectivity index (χ1n) is 14.9. The molecule has 1 N–H and O–H groups in total. The van der Waals surface area contributed by atoms with Crippen molar-refractivity contribution in [3.05, 3.63) is 60.2 Å². The summed E-state index contributed by atoms with van der Waals surface area (Å²) in [6, 6.07) is 11.8. The average Bonchev–Trinajstić information content (AvgIpc) is 3.29. The molecule has 0 unspecified atom stereocenters. The Morgan fingerprint density at radius 3 is 1.95 bits per heavy atom. The fourth-order valence-electron chi connectivity index (χ4n) is 5.09. The molecule has 1 amide bonds. The highest BCUT2D eigenvalue weighted by Gasteiger charge is 2.12. The van der Waals surface area contributed by atoms with Gasteiger partial charge in [-0.05, 0) is 30.7 Å². The van der Waals surface area contributed by atoms with E-state index in [1.165, 1.54) is 96.3 Å². The lowest BCUT2D eigenvalue weighted by atomic mass is 10.0. The number of amides is 1. The monoisotopic (exact) mass is 504 g/mol. The van der Waals surface area contributed by atoms with Crippen molar-refractivity contribution < 1.29 is 4.79 Å². The Bertz CT molecular complexity index is 1010.